The second-order valence-electron chi connectivity index (χ2n) is 4.77. The molecule has 0 unspecified atom stereocenters. The van der Waals surface area contributed by atoms with Gasteiger partial charge in [0.25, 0.3) is 0 Å². The molecule has 2 aromatic carbocycles. The van der Waals surface area contributed by atoms with Crippen LogP contribution in [0.3, 0.4) is 0 Å². The number of nitrogens with zero attached hydrogens (tertiary/aromatic N) is 1. The summed E-state index contributed by atoms with van der Waals surface area (Å²) in [7, 11) is 0. The molecule has 1 amide bonds. The maximum Gasteiger partial charge on any atom is 0.228 e. The Hall–Kier alpha value is -2.14. The summed E-state index contributed by atoms with van der Waals surface area (Å²) in [4.78, 5) is 16.3. The second kappa shape index (κ2) is 5.69. The van der Waals surface area contributed by atoms with E-state index in [4.69, 9.17) is 4.42 Å². The largest absolute Gasteiger partial charge is 0.441 e. The fourth-order valence-corrected chi connectivity index (χ4v) is 2.55. The molecular weight excluding hydrogens is 332 g/mol. The number of anilines is 1. The third kappa shape index (κ3) is 3.31. The predicted octanol–water partition coefficient (Wildman–Crippen LogP) is 4.08. The lowest BCUT2D eigenvalue weighted by Crippen LogP contribution is -2.14. The van der Waals surface area contributed by atoms with Crippen molar-refractivity contribution in [1.29, 1.82) is 0 Å². The summed E-state index contributed by atoms with van der Waals surface area (Å²) in [6, 6.07) is 13.1. The minimum absolute atomic E-state index is 0.0660. The van der Waals surface area contributed by atoms with Crippen molar-refractivity contribution in [1.82, 2.24) is 4.98 Å². The number of benzene rings is 2. The molecule has 1 heterocycles. The number of hydrogen-bond acceptors (Lipinski definition) is 3. The molecule has 0 saturated carbocycles. The minimum atomic E-state index is -0.0660. The SMILES string of the molecule is Cc1nc2ccc(CC(=O)Nc3cccc(Br)c3)cc2o1. The predicted molar refractivity (Wildman–Crippen MR) is 85.2 cm³/mol. The number of nitrogens with one attached hydrogen (secondary N) is 1. The number of carbonyl (C=O) groups excluding carboxylic acids is 1. The maximum absolute atomic E-state index is 12.1. The molecule has 1 N–H and O–H groups in total. The van der Waals surface area contributed by atoms with Gasteiger partial charge in [-0.05, 0) is 35.9 Å². The van der Waals surface area contributed by atoms with E-state index in [1.54, 1.807) is 6.92 Å². The molecule has 5 heteroatoms. The molecule has 0 aliphatic heterocycles. The molecule has 0 radical (unpaired) electrons. The minimum Gasteiger partial charge on any atom is -0.441 e. The first kappa shape index (κ1) is 13.8. The highest BCUT2D eigenvalue weighted by Gasteiger charge is 2.08. The molecule has 21 heavy (non-hydrogen) atoms. The highest BCUT2D eigenvalue weighted by Crippen LogP contribution is 2.18. The lowest BCUT2D eigenvalue weighted by atomic mass is 10.1. The summed E-state index contributed by atoms with van der Waals surface area (Å²) < 4.78 is 6.40. The van der Waals surface area contributed by atoms with Crippen molar-refractivity contribution in [2.45, 2.75) is 13.3 Å². The van der Waals surface area contributed by atoms with Crippen LogP contribution in [0.5, 0.6) is 0 Å². The smallest absolute Gasteiger partial charge is 0.228 e. The van der Waals surface area contributed by atoms with Crippen LogP contribution in [0.4, 0.5) is 5.69 Å². The van der Waals surface area contributed by atoms with Gasteiger partial charge < -0.3 is 9.73 Å². The molecule has 0 atom stereocenters. The first-order chi connectivity index (χ1) is 10.1. The highest BCUT2D eigenvalue weighted by molar-refractivity contribution is 9.10. The number of aryl methyl sites for hydroxylation is 1. The van der Waals surface area contributed by atoms with Crippen LogP contribution in [0, 0.1) is 6.92 Å². The Morgan fingerprint density at radius 1 is 1.29 bits per heavy atom. The van der Waals surface area contributed by atoms with Crippen molar-refractivity contribution >= 4 is 38.6 Å². The molecule has 106 valence electrons. The number of hydrogen-bond donors (Lipinski definition) is 1. The summed E-state index contributed by atoms with van der Waals surface area (Å²) in [5, 5.41) is 2.87. The number of aromatic nitrogens is 1. The van der Waals surface area contributed by atoms with Crippen LogP contribution in [0.15, 0.2) is 51.4 Å². The Labute approximate surface area is 130 Å². The Bertz CT molecular complexity index is 811. The van der Waals surface area contributed by atoms with Gasteiger partial charge in [0.1, 0.15) is 5.52 Å². The van der Waals surface area contributed by atoms with E-state index in [1.165, 1.54) is 0 Å². The van der Waals surface area contributed by atoms with Crippen LogP contribution < -0.4 is 5.32 Å². The van der Waals surface area contributed by atoms with Gasteiger partial charge in [-0.3, -0.25) is 4.79 Å². The van der Waals surface area contributed by atoms with Crippen molar-refractivity contribution in [2.24, 2.45) is 0 Å². The van der Waals surface area contributed by atoms with E-state index in [2.05, 4.69) is 26.2 Å². The molecule has 3 rings (SSSR count). The van der Waals surface area contributed by atoms with Gasteiger partial charge in [-0.25, -0.2) is 4.98 Å². The number of rotatable bonds is 3. The number of halogens is 1. The average molecular weight is 345 g/mol. The first-order valence-corrected chi connectivity index (χ1v) is 7.31. The molecule has 0 aliphatic carbocycles. The topological polar surface area (TPSA) is 55.1 Å². The van der Waals surface area contributed by atoms with Crippen molar-refractivity contribution in [3.8, 4) is 0 Å². The molecule has 0 spiro atoms. The number of fused-ring (bicyclic) bond motifs is 1. The summed E-state index contributed by atoms with van der Waals surface area (Å²) in [5.74, 6) is 0.560. The van der Waals surface area contributed by atoms with Gasteiger partial charge in [0.15, 0.2) is 11.5 Å². The van der Waals surface area contributed by atoms with Crippen LogP contribution in [0.1, 0.15) is 11.5 Å². The van der Waals surface area contributed by atoms with Crippen molar-refractivity contribution < 1.29 is 9.21 Å². The molecular formula is C16H13BrN2O2. The molecule has 0 bridgehead atoms. The van der Waals surface area contributed by atoms with Crippen molar-refractivity contribution in [3.63, 3.8) is 0 Å². The van der Waals surface area contributed by atoms with Crippen molar-refractivity contribution in [3.05, 3.63) is 58.4 Å². The van der Waals surface area contributed by atoms with E-state index in [-0.39, 0.29) is 5.91 Å². The molecule has 0 saturated heterocycles. The zero-order chi connectivity index (χ0) is 14.8. The van der Waals surface area contributed by atoms with E-state index in [1.807, 2.05) is 42.5 Å². The monoisotopic (exact) mass is 344 g/mol. The molecule has 0 fully saturated rings. The third-order valence-corrected chi connectivity index (χ3v) is 3.53. The van der Waals surface area contributed by atoms with Crippen LogP contribution in [-0.2, 0) is 11.2 Å². The van der Waals surface area contributed by atoms with Crippen LogP contribution in [0.25, 0.3) is 11.1 Å². The van der Waals surface area contributed by atoms with E-state index in [0.29, 0.717) is 17.9 Å². The third-order valence-electron chi connectivity index (χ3n) is 3.03. The van der Waals surface area contributed by atoms with Gasteiger partial charge in [-0.15, -0.1) is 0 Å². The summed E-state index contributed by atoms with van der Waals surface area (Å²) >= 11 is 3.38. The zero-order valence-corrected chi connectivity index (χ0v) is 13.0. The molecule has 4 nitrogen and oxygen atoms in total. The van der Waals surface area contributed by atoms with Gasteiger partial charge in [0.05, 0.1) is 6.42 Å². The number of amides is 1. The van der Waals surface area contributed by atoms with Crippen LogP contribution in [0.2, 0.25) is 0 Å². The van der Waals surface area contributed by atoms with Crippen LogP contribution in [-0.4, -0.2) is 10.9 Å². The maximum atomic E-state index is 12.1. The fraction of sp³-hybridized carbons (Fsp3) is 0.125. The van der Waals surface area contributed by atoms with E-state index < -0.39 is 0 Å². The molecule has 1 aromatic heterocycles. The van der Waals surface area contributed by atoms with E-state index >= 15 is 0 Å². The Balaban J connectivity index is 1.73. The standard InChI is InChI=1S/C16H13BrN2O2/c1-10-18-14-6-5-11(7-15(14)21-10)8-16(20)19-13-4-2-3-12(17)9-13/h2-7,9H,8H2,1H3,(H,19,20). The van der Waals surface area contributed by atoms with Gasteiger partial charge >= 0.3 is 0 Å². The van der Waals surface area contributed by atoms with Gasteiger partial charge in [0, 0.05) is 17.1 Å². The number of carbonyl (C=O) groups is 1. The van der Waals surface area contributed by atoms with Gasteiger partial charge in [-0.2, -0.15) is 0 Å². The highest BCUT2D eigenvalue weighted by atomic mass is 79.9. The summed E-state index contributed by atoms with van der Waals surface area (Å²) in [6.07, 6.45) is 0.294. The van der Waals surface area contributed by atoms with Gasteiger partial charge in [-0.1, -0.05) is 28.1 Å². The fourth-order valence-electron chi connectivity index (χ4n) is 2.15. The Morgan fingerprint density at radius 3 is 2.95 bits per heavy atom. The first-order valence-electron chi connectivity index (χ1n) is 6.52. The average Bonchev–Trinajstić information content (AvgIpc) is 2.78. The Kier molecular flexibility index (Phi) is 3.75. The normalized spacial score (nSPS) is 10.8. The number of oxazole rings is 1. The van der Waals surface area contributed by atoms with Gasteiger partial charge in [0.2, 0.25) is 5.91 Å². The lowest BCUT2D eigenvalue weighted by Gasteiger charge is -2.05. The second-order valence-corrected chi connectivity index (χ2v) is 5.69. The Morgan fingerprint density at radius 2 is 2.14 bits per heavy atom. The molecule has 0 aliphatic rings. The van der Waals surface area contributed by atoms with Crippen molar-refractivity contribution in [2.75, 3.05) is 5.32 Å². The quantitative estimate of drug-likeness (QED) is 0.778. The lowest BCUT2D eigenvalue weighted by molar-refractivity contribution is -0.115. The summed E-state index contributed by atoms with van der Waals surface area (Å²) in [5.41, 5.74) is 3.18. The summed E-state index contributed by atoms with van der Waals surface area (Å²) in [6.45, 7) is 1.81. The van der Waals surface area contributed by atoms with E-state index in [9.17, 15) is 4.79 Å². The van der Waals surface area contributed by atoms with E-state index in [0.717, 1.165) is 21.2 Å². The molecule has 3 aromatic rings. The van der Waals surface area contributed by atoms with Crippen LogP contribution >= 0.6 is 15.9 Å². The zero-order valence-electron chi connectivity index (χ0n) is 11.4.